The minimum atomic E-state index is -0.180. The fraction of sp³-hybridized carbons (Fsp3) is 0.550. The molecule has 1 aliphatic rings. The Kier molecular flexibility index (Phi) is 4.76. The van der Waals surface area contributed by atoms with E-state index in [-0.39, 0.29) is 28.6 Å². The van der Waals surface area contributed by atoms with Crippen molar-refractivity contribution in [1.29, 1.82) is 0 Å². The van der Waals surface area contributed by atoms with Gasteiger partial charge in [0.2, 0.25) is 0 Å². The number of piperidine rings is 1. The number of carbonyl (C=O) groups is 1. The minimum absolute atomic E-state index is 0.0169. The number of amides is 1. The molecule has 4 rings (SSSR count). The molecule has 4 heterocycles. The highest BCUT2D eigenvalue weighted by atomic mass is 16.6. The van der Waals surface area contributed by atoms with Gasteiger partial charge >= 0.3 is 5.69 Å². The second-order valence-corrected chi connectivity index (χ2v) is 8.95. The highest BCUT2D eigenvalue weighted by Gasteiger charge is 2.28. The van der Waals surface area contributed by atoms with Gasteiger partial charge in [-0.25, -0.2) is 14.4 Å². The van der Waals surface area contributed by atoms with Crippen molar-refractivity contribution < 1.29 is 9.42 Å². The lowest BCUT2D eigenvalue weighted by Gasteiger charge is -2.31. The van der Waals surface area contributed by atoms with Gasteiger partial charge in [-0.2, -0.15) is 0 Å². The van der Waals surface area contributed by atoms with Crippen molar-refractivity contribution in [1.82, 2.24) is 29.3 Å². The van der Waals surface area contributed by atoms with Gasteiger partial charge in [0, 0.05) is 38.3 Å². The Labute approximate surface area is 168 Å². The molecule has 29 heavy (non-hydrogen) atoms. The van der Waals surface area contributed by atoms with Crippen LogP contribution in [0.15, 0.2) is 27.8 Å². The van der Waals surface area contributed by atoms with Gasteiger partial charge in [0.1, 0.15) is 6.20 Å². The quantitative estimate of drug-likeness (QED) is 0.671. The van der Waals surface area contributed by atoms with Crippen LogP contribution in [0.25, 0.3) is 11.2 Å². The second-order valence-electron chi connectivity index (χ2n) is 8.95. The fourth-order valence-corrected chi connectivity index (χ4v) is 3.97. The molecule has 0 saturated carbocycles. The summed E-state index contributed by atoms with van der Waals surface area (Å²) >= 11 is 0. The molecule has 9 nitrogen and oxygen atoms in total. The van der Waals surface area contributed by atoms with Gasteiger partial charge in [-0.05, 0) is 35.5 Å². The molecular formula is C20H26N6O3. The van der Waals surface area contributed by atoms with Gasteiger partial charge in [0.15, 0.2) is 11.3 Å². The van der Waals surface area contributed by atoms with Crippen LogP contribution >= 0.6 is 0 Å². The van der Waals surface area contributed by atoms with E-state index in [9.17, 15) is 9.59 Å². The summed E-state index contributed by atoms with van der Waals surface area (Å²) in [5.41, 5.74) is 2.57. The number of hydrogen-bond donors (Lipinski definition) is 0. The van der Waals surface area contributed by atoms with Crippen molar-refractivity contribution in [2.24, 2.45) is 12.5 Å². The summed E-state index contributed by atoms with van der Waals surface area (Å²) in [5, 5.41) is 7.16. The van der Waals surface area contributed by atoms with Gasteiger partial charge in [-0.1, -0.05) is 25.9 Å². The van der Waals surface area contributed by atoms with Crippen molar-refractivity contribution in [3.05, 3.63) is 40.2 Å². The van der Waals surface area contributed by atoms with E-state index >= 15 is 0 Å². The summed E-state index contributed by atoms with van der Waals surface area (Å²) in [6.45, 7) is 8.18. The Morgan fingerprint density at radius 1 is 1.31 bits per heavy atom. The lowest BCUT2D eigenvalue weighted by atomic mass is 9.94. The van der Waals surface area contributed by atoms with Crippen LogP contribution in [0, 0.1) is 5.41 Å². The molecule has 0 bridgehead atoms. The largest absolute Gasteiger partial charge is 0.336 e. The molecule has 3 aromatic heterocycles. The Bertz CT molecular complexity index is 1090. The Morgan fingerprint density at radius 3 is 2.79 bits per heavy atom. The van der Waals surface area contributed by atoms with Crippen LogP contribution in [0.1, 0.15) is 55.7 Å². The van der Waals surface area contributed by atoms with Crippen LogP contribution in [-0.4, -0.2) is 48.3 Å². The zero-order valence-corrected chi connectivity index (χ0v) is 17.3. The first-order chi connectivity index (χ1) is 13.7. The van der Waals surface area contributed by atoms with Crippen LogP contribution < -0.4 is 5.69 Å². The molecule has 1 amide bonds. The van der Waals surface area contributed by atoms with Gasteiger partial charge in [-0.3, -0.25) is 13.9 Å². The molecule has 1 unspecified atom stereocenters. The Balaban J connectivity index is 1.63. The van der Waals surface area contributed by atoms with Crippen LogP contribution in [0.4, 0.5) is 0 Å². The summed E-state index contributed by atoms with van der Waals surface area (Å²) in [7, 11) is 1.76. The number of aryl methyl sites for hydroxylation is 1. The molecule has 1 aliphatic heterocycles. The molecule has 0 N–H and O–H groups in total. The van der Waals surface area contributed by atoms with E-state index in [1.807, 2.05) is 12.1 Å². The average Bonchev–Trinajstić information content (AvgIpc) is 3.30. The van der Waals surface area contributed by atoms with Crippen LogP contribution in [0.3, 0.4) is 0 Å². The molecule has 3 aromatic rings. The van der Waals surface area contributed by atoms with E-state index < -0.39 is 0 Å². The van der Waals surface area contributed by atoms with Crippen molar-refractivity contribution in [3.8, 4) is 0 Å². The van der Waals surface area contributed by atoms with E-state index in [4.69, 9.17) is 4.98 Å². The lowest BCUT2D eigenvalue weighted by Crippen LogP contribution is -2.39. The fourth-order valence-electron chi connectivity index (χ4n) is 3.97. The maximum absolute atomic E-state index is 12.7. The van der Waals surface area contributed by atoms with Gasteiger partial charge < -0.3 is 4.90 Å². The number of carbonyl (C=O) groups excluding carboxylic acids is 1. The molecule has 0 aromatic carbocycles. The molecular weight excluding hydrogens is 372 g/mol. The predicted octanol–water partition coefficient (Wildman–Crippen LogP) is 2.18. The molecule has 1 atom stereocenters. The number of pyridine rings is 1. The van der Waals surface area contributed by atoms with E-state index in [2.05, 4.69) is 35.7 Å². The van der Waals surface area contributed by atoms with Crippen molar-refractivity contribution >= 4 is 17.1 Å². The third-order valence-electron chi connectivity index (χ3n) is 5.34. The molecule has 154 valence electrons. The first kappa shape index (κ1) is 19.4. The third-order valence-corrected chi connectivity index (χ3v) is 5.34. The number of fused-ring (bicyclic) bond motifs is 1. The zero-order chi connectivity index (χ0) is 20.8. The molecule has 0 aliphatic carbocycles. The minimum Gasteiger partial charge on any atom is -0.336 e. The highest BCUT2D eigenvalue weighted by Crippen LogP contribution is 2.28. The Morgan fingerprint density at radius 2 is 2.10 bits per heavy atom. The van der Waals surface area contributed by atoms with Crippen LogP contribution in [0.5, 0.6) is 0 Å². The predicted molar refractivity (Wildman–Crippen MR) is 107 cm³/mol. The standard InChI is InChI=1S/C20H26N6O3/c1-20(2,3)12-26-16-8-7-14(22-17(16)24(4)19(26)28)13-6-5-9-25(11-13)18(27)15-10-21-29-23-15/h7-8,10,13H,5-6,9,11-12H2,1-4H3. The smallest absolute Gasteiger partial charge is 0.330 e. The average molecular weight is 398 g/mol. The van der Waals surface area contributed by atoms with Crippen molar-refractivity contribution in [2.45, 2.75) is 46.1 Å². The molecule has 0 spiro atoms. The SMILES string of the molecule is Cn1c(=O)n(CC(C)(C)C)c2ccc(C3CCCN(C(=O)c4cnon4)C3)nc21. The summed E-state index contributed by atoms with van der Waals surface area (Å²) in [4.78, 5) is 31.9. The highest BCUT2D eigenvalue weighted by molar-refractivity contribution is 5.91. The molecule has 0 radical (unpaired) electrons. The second kappa shape index (κ2) is 7.13. The van der Waals surface area contributed by atoms with Crippen molar-refractivity contribution in [3.63, 3.8) is 0 Å². The van der Waals surface area contributed by atoms with E-state index in [0.29, 0.717) is 25.3 Å². The number of nitrogens with zero attached hydrogens (tertiary/aromatic N) is 6. The number of imidazole rings is 1. The van der Waals surface area contributed by atoms with Crippen LogP contribution in [-0.2, 0) is 13.6 Å². The molecule has 9 heteroatoms. The van der Waals surface area contributed by atoms with Crippen LogP contribution in [0.2, 0.25) is 0 Å². The van der Waals surface area contributed by atoms with E-state index in [1.54, 1.807) is 21.1 Å². The third kappa shape index (κ3) is 3.68. The summed E-state index contributed by atoms with van der Waals surface area (Å²) in [6, 6.07) is 3.96. The topological polar surface area (TPSA) is 99.1 Å². The first-order valence-corrected chi connectivity index (χ1v) is 9.87. The summed E-state index contributed by atoms with van der Waals surface area (Å²) < 4.78 is 7.95. The van der Waals surface area contributed by atoms with Gasteiger partial charge in [0.25, 0.3) is 5.91 Å². The number of rotatable bonds is 3. The summed E-state index contributed by atoms with van der Waals surface area (Å²) in [5.74, 6) is -0.0706. The van der Waals surface area contributed by atoms with Gasteiger partial charge in [0.05, 0.1) is 5.52 Å². The lowest BCUT2D eigenvalue weighted by molar-refractivity contribution is 0.0694. The van der Waals surface area contributed by atoms with Crippen molar-refractivity contribution in [2.75, 3.05) is 13.1 Å². The zero-order valence-electron chi connectivity index (χ0n) is 17.3. The number of hydrogen-bond acceptors (Lipinski definition) is 6. The maximum atomic E-state index is 12.7. The monoisotopic (exact) mass is 398 g/mol. The van der Waals surface area contributed by atoms with E-state index in [0.717, 1.165) is 24.1 Å². The maximum Gasteiger partial charge on any atom is 0.330 e. The molecule has 1 fully saturated rings. The number of likely N-dealkylation sites (tertiary alicyclic amines) is 1. The summed E-state index contributed by atoms with van der Waals surface area (Å²) in [6.07, 6.45) is 3.16. The molecule has 1 saturated heterocycles. The van der Waals surface area contributed by atoms with Gasteiger partial charge in [-0.15, -0.1) is 0 Å². The first-order valence-electron chi connectivity index (χ1n) is 9.87. The number of aromatic nitrogens is 5. The van der Waals surface area contributed by atoms with E-state index in [1.165, 1.54) is 6.20 Å². The normalized spacial score (nSPS) is 17.8. The Hall–Kier alpha value is -2.97.